The van der Waals surface area contributed by atoms with Crippen LogP contribution in [-0.2, 0) is 10.8 Å². The lowest BCUT2D eigenvalue weighted by atomic mass is 9.66. The van der Waals surface area contributed by atoms with E-state index >= 15 is 0 Å². The first-order chi connectivity index (χ1) is 37.2. The molecule has 12 aromatic rings. The predicted octanol–water partition coefficient (Wildman–Crippen LogP) is 18.6. The summed E-state index contributed by atoms with van der Waals surface area (Å²) in [5.41, 5.74) is 21.0. The molecule has 0 bridgehead atoms. The Morgan fingerprint density at radius 2 is 0.693 bits per heavy atom. The molecule has 350 valence electrons. The Bertz CT molecular complexity index is 4260. The molecular formula is C72H45NO2. The van der Waals surface area contributed by atoms with Crippen molar-refractivity contribution in [2.45, 2.75) is 10.8 Å². The second-order valence-corrected chi connectivity index (χ2v) is 20.2. The van der Waals surface area contributed by atoms with Crippen LogP contribution in [-0.4, -0.2) is 0 Å². The molecular weight excluding hydrogens is 911 g/mol. The molecule has 0 radical (unpaired) electrons. The van der Waals surface area contributed by atoms with Crippen LogP contribution in [0.4, 0.5) is 17.1 Å². The molecule has 0 saturated carbocycles. The van der Waals surface area contributed by atoms with E-state index in [4.69, 9.17) is 9.47 Å². The highest BCUT2D eigenvalue weighted by molar-refractivity contribution is 6.00. The van der Waals surface area contributed by atoms with Crippen LogP contribution in [0.1, 0.15) is 44.5 Å². The number of nitrogens with zero attached hydrogens (tertiary/aromatic N) is 1. The minimum Gasteiger partial charge on any atom is -0.457 e. The molecule has 1 atom stereocenters. The van der Waals surface area contributed by atoms with E-state index in [0.717, 1.165) is 73.3 Å². The zero-order valence-corrected chi connectivity index (χ0v) is 40.7. The summed E-state index contributed by atoms with van der Waals surface area (Å²) in [7, 11) is 0. The minimum absolute atomic E-state index is 0.637. The van der Waals surface area contributed by atoms with Gasteiger partial charge in [-0.05, 0) is 133 Å². The molecule has 16 rings (SSSR count). The molecule has 0 fully saturated rings. The Kier molecular flexibility index (Phi) is 8.88. The quantitative estimate of drug-likeness (QED) is 0.172. The van der Waals surface area contributed by atoms with Gasteiger partial charge in [-0.2, -0.15) is 0 Å². The first kappa shape index (κ1) is 41.9. The van der Waals surface area contributed by atoms with Crippen molar-refractivity contribution in [3.05, 3.63) is 317 Å². The maximum Gasteiger partial charge on any atom is 0.132 e. The van der Waals surface area contributed by atoms with Gasteiger partial charge in [0.1, 0.15) is 23.0 Å². The van der Waals surface area contributed by atoms with Crippen molar-refractivity contribution < 1.29 is 9.47 Å². The van der Waals surface area contributed by atoms with Gasteiger partial charge in [-0.3, -0.25) is 0 Å². The van der Waals surface area contributed by atoms with E-state index in [1.54, 1.807) is 0 Å². The van der Waals surface area contributed by atoms with E-state index in [-0.39, 0.29) is 0 Å². The smallest absolute Gasteiger partial charge is 0.132 e. The number of anilines is 3. The lowest BCUT2D eigenvalue weighted by Gasteiger charge is -2.40. The average Bonchev–Trinajstić information content (AvgIpc) is 4.15. The van der Waals surface area contributed by atoms with Crippen molar-refractivity contribution in [2.24, 2.45) is 0 Å². The second kappa shape index (κ2) is 15.9. The highest BCUT2D eigenvalue weighted by atomic mass is 16.5. The van der Waals surface area contributed by atoms with Gasteiger partial charge in [0, 0.05) is 39.2 Å². The van der Waals surface area contributed by atoms with Crippen LogP contribution < -0.4 is 14.4 Å². The largest absolute Gasteiger partial charge is 0.457 e. The van der Waals surface area contributed by atoms with Gasteiger partial charge in [0.15, 0.2) is 0 Å². The van der Waals surface area contributed by atoms with Crippen molar-refractivity contribution in [3.63, 3.8) is 0 Å². The predicted molar refractivity (Wildman–Crippen MR) is 304 cm³/mol. The zero-order valence-electron chi connectivity index (χ0n) is 40.7. The van der Waals surface area contributed by atoms with Crippen LogP contribution in [0, 0.1) is 0 Å². The molecule has 3 heteroatoms. The van der Waals surface area contributed by atoms with E-state index in [2.05, 4.69) is 278 Å². The Labute approximate surface area is 435 Å². The minimum atomic E-state index is -0.670. The number of hydrogen-bond acceptors (Lipinski definition) is 3. The van der Waals surface area contributed by atoms with Gasteiger partial charge in [0.05, 0.1) is 16.5 Å². The van der Waals surface area contributed by atoms with Crippen molar-refractivity contribution >= 4 is 27.8 Å². The summed E-state index contributed by atoms with van der Waals surface area (Å²) in [4.78, 5) is 2.51. The number of rotatable bonds is 5. The fourth-order valence-electron chi connectivity index (χ4n) is 13.5. The monoisotopic (exact) mass is 955 g/mol. The third-order valence-electron chi connectivity index (χ3n) is 16.6. The van der Waals surface area contributed by atoms with Gasteiger partial charge in [-0.15, -0.1) is 0 Å². The fourth-order valence-corrected chi connectivity index (χ4v) is 13.5. The Morgan fingerprint density at radius 3 is 1.33 bits per heavy atom. The number of hydrogen-bond donors (Lipinski definition) is 0. The molecule has 0 amide bonds. The maximum atomic E-state index is 6.95. The SMILES string of the molecule is c1ccc(-c2ccc(-c3ccc(N(c4ccc5c(c4)C4(c6ccccc6Oc6ccccc64)c4ccccc4-5)c4cccc5c4-c4ccccc4C54c5ccccc5Oc5cc6ccccc6cc54)cc3)cc2)cc1. The Hall–Kier alpha value is -9.70. The molecule has 2 aliphatic carbocycles. The van der Waals surface area contributed by atoms with Gasteiger partial charge >= 0.3 is 0 Å². The highest BCUT2D eigenvalue weighted by Crippen LogP contribution is 2.66. The first-order valence-electron chi connectivity index (χ1n) is 25.9. The van der Waals surface area contributed by atoms with Crippen molar-refractivity contribution in [2.75, 3.05) is 4.90 Å². The lowest BCUT2D eigenvalue weighted by Crippen LogP contribution is -2.32. The van der Waals surface area contributed by atoms with E-state index in [1.165, 1.54) is 66.6 Å². The number of ether oxygens (including phenoxy) is 2. The van der Waals surface area contributed by atoms with Gasteiger partial charge < -0.3 is 14.4 Å². The molecule has 3 nitrogen and oxygen atoms in total. The summed E-state index contributed by atoms with van der Waals surface area (Å²) in [6.07, 6.45) is 0. The number of benzene rings is 12. The zero-order chi connectivity index (χ0) is 49.2. The lowest BCUT2D eigenvalue weighted by molar-refractivity contribution is 0.436. The number of fused-ring (bicyclic) bond motifs is 19. The highest BCUT2D eigenvalue weighted by Gasteiger charge is 2.53. The maximum absolute atomic E-state index is 6.95. The normalized spacial score (nSPS) is 15.3. The Morgan fingerprint density at radius 1 is 0.253 bits per heavy atom. The van der Waals surface area contributed by atoms with Crippen LogP contribution in [0.25, 0.3) is 55.3 Å². The van der Waals surface area contributed by atoms with Gasteiger partial charge in [-0.1, -0.05) is 212 Å². The summed E-state index contributed by atoms with van der Waals surface area (Å²) < 4.78 is 13.7. The van der Waals surface area contributed by atoms with Crippen LogP contribution >= 0.6 is 0 Å². The molecule has 2 aliphatic heterocycles. The van der Waals surface area contributed by atoms with Crippen molar-refractivity contribution in [1.82, 2.24) is 0 Å². The number of para-hydroxylation sites is 3. The van der Waals surface area contributed by atoms with Crippen LogP contribution in [0.3, 0.4) is 0 Å². The summed E-state index contributed by atoms with van der Waals surface area (Å²) in [5, 5.41) is 2.33. The molecule has 4 aliphatic rings. The second-order valence-electron chi connectivity index (χ2n) is 20.2. The van der Waals surface area contributed by atoms with Crippen molar-refractivity contribution in [1.29, 1.82) is 0 Å². The van der Waals surface area contributed by atoms with E-state index < -0.39 is 10.8 Å². The third-order valence-corrected chi connectivity index (χ3v) is 16.6. The van der Waals surface area contributed by atoms with E-state index in [1.807, 2.05) is 0 Å². The molecule has 1 unspecified atom stereocenters. The summed E-state index contributed by atoms with van der Waals surface area (Å²) in [6, 6.07) is 100. The average molecular weight is 956 g/mol. The molecule has 0 saturated heterocycles. The summed E-state index contributed by atoms with van der Waals surface area (Å²) in [5.74, 6) is 3.51. The van der Waals surface area contributed by atoms with Gasteiger partial charge in [-0.25, -0.2) is 0 Å². The van der Waals surface area contributed by atoms with Crippen LogP contribution in [0.5, 0.6) is 23.0 Å². The van der Waals surface area contributed by atoms with Crippen molar-refractivity contribution in [3.8, 4) is 67.5 Å². The van der Waals surface area contributed by atoms with Gasteiger partial charge in [0.2, 0.25) is 0 Å². The topological polar surface area (TPSA) is 21.7 Å². The standard InChI is InChI=1S/C72H45NO2/c1-2-17-46(18-3-1)47-33-35-48(36-34-47)49-37-39-52(40-38-49)73(53-41-42-55-54-21-6-8-23-57(54)71(63(55)45-53)59-25-10-13-30-66(59)74-67-31-14-11-26-60(67)71)65-29-16-28-62-70(65)56-22-7-9-24-58(56)72(62)61-27-12-15-32-68(61)75-69-44-51-20-5-4-19-50(51)43-64(69)72/h1-45H. The molecule has 12 aromatic carbocycles. The van der Waals surface area contributed by atoms with Crippen LogP contribution in [0.15, 0.2) is 273 Å². The molecule has 0 N–H and O–H groups in total. The van der Waals surface area contributed by atoms with E-state index in [0.29, 0.717) is 0 Å². The third kappa shape index (κ3) is 5.81. The summed E-state index contributed by atoms with van der Waals surface area (Å²) >= 11 is 0. The Balaban J connectivity index is 0.955. The molecule has 2 spiro atoms. The fraction of sp³-hybridized carbons (Fsp3) is 0.0278. The van der Waals surface area contributed by atoms with Gasteiger partial charge in [0.25, 0.3) is 0 Å². The first-order valence-corrected chi connectivity index (χ1v) is 25.9. The molecule has 2 heterocycles. The molecule has 75 heavy (non-hydrogen) atoms. The molecule has 0 aromatic heterocycles. The van der Waals surface area contributed by atoms with E-state index in [9.17, 15) is 0 Å². The summed E-state index contributed by atoms with van der Waals surface area (Å²) in [6.45, 7) is 0. The van der Waals surface area contributed by atoms with Crippen LogP contribution in [0.2, 0.25) is 0 Å².